The number of halogens is 3. The highest BCUT2D eigenvalue weighted by Crippen LogP contribution is 2.45. The van der Waals surface area contributed by atoms with Crippen molar-refractivity contribution in [1.82, 2.24) is 5.32 Å². The lowest BCUT2D eigenvalue weighted by molar-refractivity contribution is -0.139. The Morgan fingerprint density at radius 1 is 1.36 bits per heavy atom. The molecule has 8 heteroatoms. The number of benzene rings is 1. The van der Waals surface area contributed by atoms with Crippen LogP contribution in [0.2, 0.25) is 0 Å². The van der Waals surface area contributed by atoms with Gasteiger partial charge in [-0.1, -0.05) is 18.2 Å². The van der Waals surface area contributed by atoms with E-state index in [0.29, 0.717) is 17.0 Å². The first kappa shape index (κ1) is 17.1. The van der Waals surface area contributed by atoms with Crippen LogP contribution in [0.1, 0.15) is 24.0 Å². The van der Waals surface area contributed by atoms with Crippen molar-refractivity contribution in [3.05, 3.63) is 57.9 Å². The summed E-state index contributed by atoms with van der Waals surface area (Å²) in [6.45, 7) is 1.73. The maximum atomic E-state index is 13.5. The summed E-state index contributed by atoms with van der Waals surface area (Å²) in [7, 11) is 1.35. The Bertz CT molecular complexity index is 838. The van der Waals surface area contributed by atoms with Crippen molar-refractivity contribution < 1.29 is 27.8 Å². The largest absolute Gasteiger partial charge is 0.481 e. The number of alkyl halides is 3. The monoisotopic (exact) mass is 352 g/mol. The molecule has 3 rings (SSSR count). The minimum atomic E-state index is -4.61. The first-order chi connectivity index (χ1) is 11.8. The smallest absolute Gasteiger partial charge is 0.416 e. The first-order valence-corrected chi connectivity index (χ1v) is 7.44. The van der Waals surface area contributed by atoms with Gasteiger partial charge in [-0.3, -0.25) is 0 Å². The Hall–Kier alpha value is -2.77. The van der Waals surface area contributed by atoms with Crippen LogP contribution in [0.15, 0.2) is 51.8 Å². The standard InChI is InChI=1S/C17H15F3N2O3/c1-8-12(16(23)24)13(14-11(22-8)7-21-15(14)25-2)9-5-3-4-6-10(9)17(18,19)20/h3-6,13,22H,7H2,1-2H3,(H,23,24). The third-order valence-corrected chi connectivity index (χ3v) is 4.26. The molecule has 2 N–H and O–H groups in total. The van der Waals surface area contributed by atoms with Gasteiger partial charge in [0, 0.05) is 17.0 Å². The van der Waals surface area contributed by atoms with E-state index in [4.69, 9.17) is 4.74 Å². The maximum absolute atomic E-state index is 13.5. The van der Waals surface area contributed by atoms with Crippen molar-refractivity contribution in [2.75, 3.05) is 13.7 Å². The van der Waals surface area contributed by atoms with Gasteiger partial charge in [0.15, 0.2) is 0 Å². The lowest BCUT2D eigenvalue weighted by Crippen LogP contribution is -2.31. The van der Waals surface area contributed by atoms with Gasteiger partial charge in [0.2, 0.25) is 5.90 Å². The summed E-state index contributed by atoms with van der Waals surface area (Å²) in [5, 5.41) is 12.6. The Balaban J connectivity index is 2.28. The van der Waals surface area contributed by atoms with Crippen LogP contribution >= 0.6 is 0 Å². The number of carbonyl (C=O) groups is 1. The van der Waals surface area contributed by atoms with Crippen LogP contribution in [0.4, 0.5) is 13.2 Å². The molecule has 1 unspecified atom stereocenters. The van der Waals surface area contributed by atoms with Crippen LogP contribution in [-0.2, 0) is 15.7 Å². The van der Waals surface area contributed by atoms with Gasteiger partial charge in [-0.15, -0.1) is 0 Å². The molecule has 2 aliphatic heterocycles. The number of allylic oxidation sites excluding steroid dienone is 1. The molecule has 1 atom stereocenters. The topological polar surface area (TPSA) is 70.9 Å². The van der Waals surface area contributed by atoms with Gasteiger partial charge in [-0.2, -0.15) is 13.2 Å². The van der Waals surface area contributed by atoms with E-state index in [2.05, 4.69) is 10.3 Å². The van der Waals surface area contributed by atoms with Gasteiger partial charge in [0.05, 0.1) is 30.7 Å². The molecule has 0 fully saturated rings. The average molecular weight is 352 g/mol. The fourth-order valence-corrected chi connectivity index (χ4v) is 3.29. The highest BCUT2D eigenvalue weighted by molar-refractivity contribution is 6.03. The lowest BCUT2D eigenvalue weighted by Gasteiger charge is -2.30. The van der Waals surface area contributed by atoms with Crippen LogP contribution in [0, 0.1) is 0 Å². The molecule has 0 amide bonds. The van der Waals surface area contributed by atoms with E-state index in [9.17, 15) is 23.1 Å². The summed E-state index contributed by atoms with van der Waals surface area (Å²) >= 11 is 0. The molecule has 0 radical (unpaired) electrons. The van der Waals surface area contributed by atoms with Crippen molar-refractivity contribution in [3.63, 3.8) is 0 Å². The molecule has 0 aromatic heterocycles. The molecule has 2 aliphatic rings. The average Bonchev–Trinajstić information content (AvgIpc) is 2.94. The van der Waals surface area contributed by atoms with Gasteiger partial charge >= 0.3 is 12.1 Å². The third kappa shape index (κ3) is 2.77. The summed E-state index contributed by atoms with van der Waals surface area (Å²) in [5.74, 6) is -2.26. The highest BCUT2D eigenvalue weighted by Gasteiger charge is 2.43. The minimum absolute atomic E-state index is 0.132. The minimum Gasteiger partial charge on any atom is -0.481 e. The molecule has 132 valence electrons. The van der Waals surface area contributed by atoms with E-state index in [1.165, 1.54) is 32.2 Å². The zero-order valence-electron chi connectivity index (χ0n) is 13.4. The van der Waals surface area contributed by atoms with E-state index in [-0.39, 0.29) is 23.6 Å². The molecule has 1 aromatic rings. The highest BCUT2D eigenvalue weighted by atomic mass is 19.4. The van der Waals surface area contributed by atoms with Crippen molar-refractivity contribution in [2.24, 2.45) is 4.99 Å². The van der Waals surface area contributed by atoms with Crippen LogP contribution in [0.5, 0.6) is 0 Å². The number of dihydropyridines is 1. The van der Waals surface area contributed by atoms with E-state index in [1.54, 1.807) is 0 Å². The Morgan fingerprint density at radius 2 is 2.04 bits per heavy atom. The van der Waals surface area contributed by atoms with Crippen molar-refractivity contribution in [1.29, 1.82) is 0 Å². The van der Waals surface area contributed by atoms with Gasteiger partial charge < -0.3 is 15.2 Å². The second-order valence-corrected chi connectivity index (χ2v) is 5.70. The van der Waals surface area contributed by atoms with Crippen LogP contribution in [0.25, 0.3) is 0 Å². The van der Waals surface area contributed by atoms with Crippen LogP contribution in [-0.4, -0.2) is 30.6 Å². The van der Waals surface area contributed by atoms with Crippen molar-refractivity contribution in [2.45, 2.75) is 19.0 Å². The number of aliphatic carboxylic acids is 1. The Morgan fingerprint density at radius 3 is 2.64 bits per heavy atom. The molecule has 2 heterocycles. The summed E-state index contributed by atoms with van der Waals surface area (Å²) in [6, 6.07) is 4.98. The molecule has 25 heavy (non-hydrogen) atoms. The summed E-state index contributed by atoms with van der Waals surface area (Å²) < 4.78 is 45.7. The summed E-state index contributed by atoms with van der Waals surface area (Å²) in [6.07, 6.45) is -4.61. The number of hydrogen-bond donors (Lipinski definition) is 2. The number of aliphatic imine (C=N–C) groups is 1. The van der Waals surface area contributed by atoms with E-state index in [1.807, 2.05) is 0 Å². The van der Waals surface area contributed by atoms with Crippen molar-refractivity contribution >= 4 is 11.9 Å². The molecular weight excluding hydrogens is 337 g/mol. The predicted molar refractivity (Wildman–Crippen MR) is 84.0 cm³/mol. The normalized spacial score (nSPS) is 20.2. The number of methoxy groups -OCH3 is 1. The van der Waals surface area contributed by atoms with Crippen molar-refractivity contribution in [3.8, 4) is 0 Å². The Labute approximate surface area is 141 Å². The molecule has 0 aliphatic carbocycles. The van der Waals surface area contributed by atoms with Gasteiger partial charge in [0.1, 0.15) is 0 Å². The number of carboxylic acids is 1. The number of rotatable bonds is 2. The fourth-order valence-electron chi connectivity index (χ4n) is 3.29. The number of ether oxygens (including phenoxy) is 1. The first-order valence-electron chi connectivity index (χ1n) is 7.44. The zero-order chi connectivity index (χ0) is 18.4. The maximum Gasteiger partial charge on any atom is 0.416 e. The van der Waals surface area contributed by atoms with Gasteiger partial charge in [-0.05, 0) is 18.6 Å². The fraction of sp³-hybridized carbons (Fsp3) is 0.294. The number of hydrogen-bond acceptors (Lipinski definition) is 4. The molecule has 0 bridgehead atoms. The Kier molecular flexibility index (Phi) is 4.06. The summed E-state index contributed by atoms with van der Waals surface area (Å²) in [5.41, 5.74) is 0.0291. The third-order valence-electron chi connectivity index (χ3n) is 4.26. The molecule has 1 aromatic carbocycles. The predicted octanol–water partition coefficient (Wildman–Crippen LogP) is 3.06. The number of carboxylic acid groups (broad SMARTS) is 1. The second-order valence-electron chi connectivity index (χ2n) is 5.70. The number of nitrogens with zero attached hydrogens (tertiary/aromatic N) is 1. The van der Waals surface area contributed by atoms with E-state index in [0.717, 1.165) is 6.07 Å². The van der Waals surface area contributed by atoms with Crippen LogP contribution in [0.3, 0.4) is 0 Å². The molecule has 0 saturated carbocycles. The SMILES string of the molecule is COC1=NCC2=C1C(c1ccccc1C(F)(F)F)C(C(=O)O)=C(C)N2. The number of nitrogens with one attached hydrogen (secondary N) is 1. The quantitative estimate of drug-likeness (QED) is 0.858. The van der Waals surface area contributed by atoms with Gasteiger partial charge in [-0.25, -0.2) is 9.79 Å². The van der Waals surface area contributed by atoms with Gasteiger partial charge in [0.25, 0.3) is 0 Å². The zero-order valence-corrected chi connectivity index (χ0v) is 13.4. The van der Waals surface area contributed by atoms with Crippen LogP contribution < -0.4 is 5.32 Å². The molecule has 5 nitrogen and oxygen atoms in total. The van der Waals surface area contributed by atoms with E-state index < -0.39 is 23.6 Å². The molecule has 0 saturated heterocycles. The lowest BCUT2D eigenvalue weighted by atomic mass is 9.79. The molecular formula is C17H15F3N2O3. The van der Waals surface area contributed by atoms with E-state index >= 15 is 0 Å². The summed E-state index contributed by atoms with van der Waals surface area (Å²) in [4.78, 5) is 16.0. The molecule has 0 spiro atoms. The second kappa shape index (κ2) is 5.94.